The van der Waals surface area contributed by atoms with Crippen molar-refractivity contribution in [1.29, 1.82) is 0 Å². The van der Waals surface area contributed by atoms with E-state index in [9.17, 15) is 14.7 Å². The zero-order valence-corrected chi connectivity index (χ0v) is 30.0. The van der Waals surface area contributed by atoms with E-state index in [0.29, 0.717) is 64.9 Å². The minimum atomic E-state index is -0.508. The monoisotopic (exact) mass is 703 g/mol. The number of nitrogens with zero attached hydrogens (tertiary/aromatic N) is 3. The summed E-state index contributed by atoms with van der Waals surface area (Å²) in [4.78, 5) is 31.1. The fourth-order valence-corrected chi connectivity index (χ4v) is 6.04. The van der Waals surface area contributed by atoms with Crippen molar-refractivity contribution in [3.8, 4) is 5.75 Å². The predicted octanol–water partition coefficient (Wildman–Crippen LogP) is 7.17. The van der Waals surface area contributed by atoms with Crippen molar-refractivity contribution in [1.82, 2.24) is 15.0 Å². The van der Waals surface area contributed by atoms with Gasteiger partial charge < -0.3 is 34.6 Å². The number of anilines is 2. The van der Waals surface area contributed by atoms with Crippen molar-refractivity contribution in [2.75, 3.05) is 44.0 Å². The molecule has 0 fully saturated rings. The Hall–Kier alpha value is -3.35. The third-order valence-electron chi connectivity index (χ3n) is 8.51. The van der Waals surface area contributed by atoms with Gasteiger partial charge >= 0.3 is 6.03 Å². The number of aliphatic hydroxyl groups is 1. The molecule has 0 saturated heterocycles. The van der Waals surface area contributed by atoms with E-state index in [2.05, 4.69) is 27.6 Å². The molecule has 0 bridgehead atoms. The van der Waals surface area contributed by atoms with Crippen LogP contribution in [0.15, 0.2) is 40.9 Å². The molecule has 1 aliphatic heterocycles. The van der Waals surface area contributed by atoms with Gasteiger partial charge in [0, 0.05) is 37.8 Å². The lowest BCUT2D eigenvalue weighted by atomic mass is 10.0. The number of hydrogen-bond acceptors (Lipinski definition) is 8. The molecule has 0 spiro atoms. The van der Waals surface area contributed by atoms with Gasteiger partial charge in [-0.2, -0.15) is 0 Å². The second-order valence-electron chi connectivity index (χ2n) is 12.7. The maximum absolute atomic E-state index is 14.4. The van der Waals surface area contributed by atoms with E-state index in [1.54, 1.807) is 43.0 Å². The average Bonchev–Trinajstić information content (AvgIpc) is 3.36. The standard InChI is InChI=1S/C35H47Cl2N5O6/c1-21-17-42(22(2)20-43)34(44)28-16-27(38-35(45)39-33-24(4)40-48-25(33)5)11-13-31(28)47-23(3)9-7-8-14-46-32(21)19-41(6)18-26-10-12-29(36)30(37)15-26/h10-13,15-16,21-23,32,43H,7-9,14,17-20H2,1-6H3,(H2,38,39,45)/t21-,22+,23+,32-/m0/s1. The second kappa shape index (κ2) is 17.3. The van der Waals surface area contributed by atoms with Gasteiger partial charge in [0.25, 0.3) is 5.91 Å². The summed E-state index contributed by atoms with van der Waals surface area (Å²) in [6.07, 6.45) is 2.15. The maximum atomic E-state index is 14.4. The SMILES string of the molecule is Cc1noc(C)c1NC(=O)Nc1ccc2c(c1)C(=O)N([C@H](C)CO)C[C@H](C)[C@H](CN(C)Cc1ccc(Cl)c(Cl)c1)OCCCC[C@@H](C)O2. The molecular formula is C35H47Cl2N5O6. The van der Waals surface area contributed by atoms with Gasteiger partial charge in [0.15, 0.2) is 5.76 Å². The summed E-state index contributed by atoms with van der Waals surface area (Å²) in [7, 11) is 2.02. The van der Waals surface area contributed by atoms with Crippen LogP contribution in [0.1, 0.15) is 67.4 Å². The first kappa shape index (κ1) is 37.5. The molecule has 0 unspecified atom stereocenters. The summed E-state index contributed by atoms with van der Waals surface area (Å²) in [5, 5.41) is 20.7. The molecule has 1 aromatic heterocycles. The van der Waals surface area contributed by atoms with Gasteiger partial charge in [0.2, 0.25) is 0 Å². The number of fused-ring (bicyclic) bond motifs is 1. The summed E-state index contributed by atoms with van der Waals surface area (Å²) in [6, 6.07) is 9.63. The van der Waals surface area contributed by atoms with Crippen LogP contribution in [0.2, 0.25) is 10.0 Å². The van der Waals surface area contributed by atoms with E-state index in [1.165, 1.54) is 0 Å². The highest BCUT2D eigenvalue weighted by Crippen LogP contribution is 2.29. The molecule has 262 valence electrons. The van der Waals surface area contributed by atoms with Crippen LogP contribution in [0, 0.1) is 19.8 Å². The van der Waals surface area contributed by atoms with Gasteiger partial charge in [0.1, 0.15) is 17.1 Å². The molecular weight excluding hydrogens is 657 g/mol. The highest BCUT2D eigenvalue weighted by Gasteiger charge is 2.30. The first-order valence-corrected chi connectivity index (χ1v) is 17.1. The number of urea groups is 1. The van der Waals surface area contributed by atoms with Gasteiger partial charge in [0.05, 0.1) is 40.5 Å². The van der Waals surface area contributed by atoms with Crippen LogP contribution < -0.4 is 15.4 Å². The number of amides is 3. The Morgan fingerprint density at radius 1 is 1.12 bits per heavy atom. The van der Waals surface area contributed by atoms with Crippen LogP contribution in [0.3, 0.4) is 0 Å². The molecule has 3 amide bonds. The van der Waals surface area contributed by atoms with Crippen LogP contribution in [0.5, 0.6) is 5.75 Å². The molecule has 0 aliphatic carbocycles. The average molecular weight is 705 g/mol. The Labute approximate surface area is 292 Å². The quantitative estimate of drug-likeness (QED) is 0.225. The van der Waals surface area contributed by atoms with E-state index in [-0.39, 0.29) is 36.2 Å². The Morgan fingerprint density at radius 2 is 1.90 bits per heavy atom. The van der Waals surface area contributed by atoms with Crippen LogP contribution >= 0.6 is 23.2 Å². The van der Waals surface area contributed by atoms with E-state index in [1.807, 2.05) is 33.0 Å². The highest BCUT2D eigenvalue weighted by molar-refractivity contribution is 6.42. The lowest BCUT2D eigenvalue weighted by Gasteiger charge is -2.36. The van der Waals surface area contributed by atoms with Crippen molar-refractivity contribution < 1.29 is 28.7 Å². The number of benzene rings is 2. The minimum Gasteiger partial charge on any atom is -0.490 e. The van der Waals surface area contributed by atoms with Gasteiger partial charge in [-0.25, -0.2) is 4.79 Å². The fraction of sp³-hybridized carbons (Fsp3) is 0.514. The molecule has 0 radical (unpaired) electrons. The number of carbonyl (C=O) groups excluding carboxylic acids is 2. The van der Waals surface area contributed by atoms with Crippen LogP contribution in [-0.2, 0) is 11.3 Å². The third-order valence-corrected chi connectivity index (χ3v) is 9.25. The molecule has 3 aromatic rings. The van der Waals surface area contributed by atoms with Crippen LogP contribution in [0.4, 0.5) is 16.2 Å². The largest absolute Gasteiger partial charge is 0.490 e. The summed E-state index contributed by atoms with van der Waals surface area (Å²) >= 11 is 12.4. The molecule has 2 heterocycles. The Bertz CT molecular complexity index is 1530. The number of nitrogens with one attached hydrogen (secondary N) is 2. The lowest BCUT2D eigenvalue weighted by Crippen LogP contribution is -2.47. The van der Waals surface area contributed by atoms with E-state index in [4.69, 9.17) is 37.2 Å². The molecule has 11 nitrogen and oxygen atoms in total. The third kappa shape index (κ3) is 10.1. The van der Waals surface area contributed by atoms with E-state index < -0.39 is 12.1 Å². The fourth-order valence-electron chi connectivity index (χ4n) is 5.72. The molecule has 4 atom stereocenters. The zero-order valence-electron chi connectivity index (χ0n) is 28.5. The highest BCUT2D eigenvalue weighted by atomic mass is 35.5. The van der Waals surface area contributed by atoms with Gasteiger partial charge in [-0.15, -0.1) is 0 Å². The number of ether oxygens (including phenoxy) is 2. The normalized spacial score (nSPS) is 20.1. The maximum Gasteiger partial charge on any atom is 0.323 e. The molecule has 3 N–H and O–H groups in total. The summed E-state index contributed by atoms with van der Waals surface area (Å²) < 4.78 is 17.9. The molecule has 13 heteroatoms. The number of hydrogen-bond donors (Lipinski definition) is 3. The van der Waals surface area contributed by atoms with Gasteiger partial charge in [-0.1, -0.05) is 41.3 Å². The van der Waals surface area contributed by atoms with E-state index >= 15 is 0 Å². The minimum absolute atomic E-state index is 0.0902. The van der Waals surface area contributed by atoms with Gasteiger partial charge in [-0.05, 0) is 89.9 Å². The number of aromatic nitrogens is 1. The number of halogens is 2. The zero-order chi connectivity index (χ0) is 35.0. The van der Waals surface area contributed by atoms with Crippen molar-refractivity contribution in [2.45, 2.75) is 78.7 Å². The topological polar surface area (TPSA) is 129 Å². The number of aryl methyl sites for hydroxylation is 2. The van der Waals surface area contributed by atoms with Crippen LogP contribution in [-0.4, -0.2) is 83.6 Å². The molecule has 0 saturated carbocycles. The Morgan fingerprint density at radius 3 is 2.58 bits per heavy atom. The lowest BCUT2D eigenvalue weighted by molar-refractivity contribution is -0.0177. The smallest absolute Gasteiger partial charge is 0.323 e. The number of aliphatic hydroxyl groups excluding tert-OH is 1. The number of likely N-dealkylation sites (N-methyl/N-ethyl adjacent to an activating group) is 1. The van der Waals surface area contributed by atoms with E-state index in [0.717, 1.165) is 24.8 Å². The second-order valence-corrected chi connectivity index (χ2v) is 13.5. The Balaban J connectivity index is 1.59. The summed E-state index contributed by atoms with van der Waals surface area (Å²) in [5.74, 6) is 0.487. The summed E-state index contributed by atoms with van der Waals surface area (Å²) in [5.41, 5.74) is 2.75. The van der Waals surface area contributed by atoms with Gasteiger partial charge in [-0.3, -0.25) is 9.69 Å². The molecule has 48 heavy (non-hydrogen) atoms. The first-order valence-electron chi connectivity index (χ1n) is 16.3. The first-order chi connectivity index (χ1) is 22.9. The van der Waals surface area contributed by atoms with Crippen LogP contribution in [0.25, 0.3) is 0 Å². The van der Waals surface area contributed by atoms with Crippen molar-refractivity contribution in [3.63, 3.8) is 0 Å². The number of rotatable bonds is 8. The number of carbonyl (C=O) groups is 2. The Kier molecular flexibility index (Phi) is 13.5. The molecule has 2 aromatic carbocycles. The van der Waals surface area contributed by atoms with Crippen molar-refractivity contribution in [3.05, 3.63) is 69.0 Å². The molecule has 1 aliphatic rings. The van der Waals surface area contributed by atoms with Crippen molar-refractivity contribution >= 4 is 46.5 Å². The predicted molar refractivity (Wildman–Crippen MR) is 188 cm³/mol. The summed E-state index contributed by atoms with van der Waals surface area (Å²) in [6.45, 7) is 11.2. The molecule has 4 rings (SSSR count). The van der Waals surface area contributed by atoms with Crippen molar-refractivity contribution in [2.24, 2.45) is 5.92 Å².